The van der Waals surface area contributed by atoms with Gasteiger partial charge in [-0.05, 0) is 29.7 Å². The highest BCUT2D eigenvalue weighted by atomic mass is 16.2. The summed E-state index contributed by atoms with van der Waals surface area (Å²) in [7, 11) is 0. The molecule has 0 aliphatic carbocycles. The summed E-state index contributed by atoms with van der Waals surface area (Å²) in [6, 6.07) is 17.9. The van der Waals surface area contributed by atoms with Crippen molar-refractivity contribution in [2.75, 3.05) is 31.1 Å². The number of carbonyl (C=O) groups excluding carboxylic acids is 2. The van der Waals surface area contributed by atoms with Crippen LogP contribution in [0.25, 0.3) is 0 Å². The van der Waals surface area contributed by atoms with Crippen molar-refractivity contribution in [2.45, 2.75) is 32.4 Å². The number of amides is 2. The van der Waals surface area contributed by atoms with Crippen LogP contribution < -0.4 is 4.90 Å². The van der Waals surface area contributed by atoms with E-state index in [1.54, 1.807) is 0 Å². The second kappa shape index (κ2) is 8.25. The van der Waals surface area contributed by atoms with Crippen LogP contribution in [0, 0.1) is 0 Å². The summed E-state index contributed by atoms with van der Waals surface area (Å²) in [5.74, 6) is -0.170. The molecule has 2 aliphatic rings. The van der Waals surface area contributed by atoms with Crippen LogP contribution in [0.5, 0.6) is 0 Å². The Bertz CT molecular complexity index is 827. The Hall–Kier alpha value is -2.50. The van der Waals surface area contributed by atoms with Gasteiger partial charge in [-0.2, -0.15) is 0 Å². The molecule has 1 atom stereocenters. The van der Waals surface area contributed by atoms with Crippen LogP contribution in [0.3, 0.4) is 0 Å². The number of hydrogen-bond acceptors (Lipinski definition) is 4. The van der Waals surface area contributed by atoms with Gasteiger partial charge in [-0.3, -0.25) is 19.4 Å². The van der Waals surface area contributed by atoms with Gasteiger partial charge in [0.15, 0.2) is 0 Å². The van der Waals surface area contributed by atoms with Crippen LogP contribution in [-0.2, 0) is 22.6 Å². The maximum Gasteiger partial charge on any atom is 0.251 e. The third-order valence-corrected chi connectivity index (χ3v) is 5.82. The molecular formula is C23H27N3O2. The third kappa shape index (κ3) is 3.86. The zero-order valence-corrected chi connectivity index (χ0v) is 16.4. The Balaban J connectivity index is 1.37. The van der Waals surface area contributed by atoms with Crippen molar-refractivity contribution in [3.63, 3.8) is 0 Å². The first-order valence-electron chi connectivity index (χ1n) is 10.1. The zero-order valence-electron chi connectivity index (χ0n) is 16.4. The van der Waals surface area contributed by atoms with Gasteiger partial charge in [0.1, 0.15) is 0 Å². The van der Waals surface area contributed by atoms with Gasteiger partial charge in [-0.15, -0.1) is 0 Å². The van der Waals surface area contributed by atoms with E-state index in [9.17, 15) is 9.59 Å². The van der Waals surface area contributed by atoms with E-state index in [1.165, 1.54) is 16.0 Å². The van der Waals surface area contributed by atoms with E-state index >= 15 is 0 Å². The number of rotatable bonds is 5. The first-order valence-corrected chi connectivity index (χ1v) is 10.1. The van der Waals surface area contributed by atoms with Gasteiger partial charge in [0.2, 0.25) is 5.91 Å². The van der Waals surface area contributed by atoms with Crippen LogP contribution in [-0.4, -0.2) is 53.8 Å². The van der Waals surface area contributed by atoms with Crippen LogP contribution in [0.4, 0.5) is 5.69 Å². The Kier molecular flexibility index (Phi) is 5.55. The van der Waals surface area contributed by atoms with Crippen LogP contribution >= 0.6 is 0 Å². The van der Waals surface area contributed by atoms with Gasteiger partial charge in [0.25, 0.3) is 5.91 Å². The number of anilines is 1. The minimum absolute atomic E-state index is 0.0780. The molecule has 0 saturated carbocycles. The molecule has 0 unspecified atom stereocenters. The number of carbonyl (C=O) groups is 2. The maximum atomic E-state index is 13.0. The summed E-state index contributed by atoms with van der Waals surface area (Å²) in [5, 5.41) is 0. The molecule has 2 aliphatic heterocycles. The molecule has 5 nitrogen and oxygen atoms in total. The van der Waals surface area contributed by atoms with Crippen molar-refractivity contribution in [1.82, 2.24) is 9.80 Å². The molecule has 2 aromatic carbocycles. The lowest BCUT2D eigenvalue weighted by atomic mass is 10.1. The number of aryl methyl sites for hydroxylation is 1. The van der Waals surface area contributed by atoms with Crippen molar-refractivity contribution in [1.29, 1.82) is 0 Å². The van der Waals surface area contributed by atoms with Gasteiger partial charge in [0, 0.05) is 32.7 Å². The highest BCUT2D eigenvalue weighted by Gasteiger charge is 2.43. The van der Waals surface area contributed by atoms with E-state index in [4.69, 9.17) is 0 Å². The zero-order chi connectivity index (χ0) is 19.5. The molecule has 0 spiro atoms. The molecular weight excluding hydrogens is 350 g/mol. The topological polar surface area (TPSA) is 43.9 Å². The third-order valence-electron chi connectivity index (χ3n) is 5.82. The highest BCUT2D eigenvalue weighted by molar-refractivity contribution is 6.22. The molecule has 2 fully saturated rings. The number of piperazine rings is 1. The molecule has 0 bridgehead atoms. The standard InChI is InChI=1S/C23H27N3O2/c1-2-18-8-10-20(11-9-18)26-22(27)16-21(23(26)28)25-14-12-24(13-15-25)17-19-6-4-3-5-7-19/h3-11,21H,2,12-17H2,1H3/t21-/m1/s1. The van der Waals surface area contributed by atoms with E-state index in [0.717, 1.165) is 39.1 Å². The van der Waals surface area contributed by atoms with Crippen molar-refractivity contribution in [3.8, 4) is 0 Å². The quantitative estimate of drug-likeness (QED) is 0.752. The normalized spacial score (nSPS) is 21.5. The summed E-state index contributed by atoms with van der Waals surface area (Å²) in [4.78, 5) is 31.5. The monoisotopic (exact) mass is 377 g/mol. The van der Waals surface area contributed by atoms with E-state index < -0.39 is 0 Å². The average Bonchev–Trinajstić information content (AvgIpc) is 3.03. The number of imide groups is 1. The molecule has 5 heteroatoms. The smallest absolute Gasteiger partial charge is 0.251 e. The van der Waals surface area contributed by atoms with Crippen molar-refractivity contribution in [2.24, 2.45) is 0 Å². The van der Waals surface area contributed by atoms with Gasteiger partial charge < -0.3 is 0 Å². The van der Waals surface area contributed by atoms with E-state index in [0.29, 0.717) is 5.69 Å². The second-order valence-corrected chi connectivity index (χ2v) is 7.61. The van der Waals surface area contributed by atoms with Gasteiger partial charge in [-0.25, -0.2) is 4.90 Å². The molecule has 2 saturated heterocycles. The SMILES string of the molecule is CCc1ccc(N2C(=O)C[C@@H](N3CCN(Cc4ccccc4)CC3)C2=O)cc1. The van der Waals surface area contributed by atoms with Crippen LogP contribution in [0.2, 0.25) is 0 Å². The minimum Gasteiger partial charge on any atom is -0.297 e. The predicted octanol–water partition coefficient (Wildman–Crippen LogP) is 2.70. The van der Waals surface area contributed by atoms with E-state index in [-0.39, 0.29) is 24.3 Å². The molecule has 0 radical (unpaired) electrons. The fourth-order valence-electron chi connectivity index (χ4n) is 4.13. The fourth-order valence-corrected chi connectivity index (χ4v) is 4.13. The lowest BCUT2D eigenvalue weighted by molar-refractivity contribution is -0.123. The number of hydrogen-bond donors (Lipinski definition) is 0. The average molecular weight is 377 g/mol. The van der Waals surface area contributed by atoms with Crippen LogP contribution in [0.1, 0.15) is 24.5 Å². The Morgan fingerprint density at radius 3 is 2.18 bits per heavy atom. The first kappa shape index (κ1) is 18.8. The minimum atomic E-state index is -0.322. The molecule has 2 heterocycles. The molecule has 4 rings (SSSR count). The van der Waals surface area contributed by atoms with Crippen molar-refractivity contribution in [3.05, 3.63) is 65.7 Å². The van der Waals surface area contributed by atoms with Gasteiger partial charge >= 0.3 is 0 Å². The molecule has 28 heavy (non-hydrogen) atoms. The maximum absolute atomic E-state index is 13.0. The van der Waals surface area contributed by atoms with Crippen molar-refractivity contribution < 1.29 is 9.59 Å². The summed E-state index contributed by atoms with van der Waals surface area (Å²) in [6.07, 6.45) is 1.23. The van der Waals surface area contributed by atoms with Gasteiger partial charge in [-0.1, -0.05) is 49.4 Å². The highest BCUT2D eigenvalue weighted by Crippen LogP contribution is 2.27. The summed E-state index contributed by atoms with van der Waals surface area (Å²) >= 11 is 0. The second-order valence-electron chi connectivity index (χ2n) is 7.61. The Morgan fingerprint density at radius 1 is 0.857 bits per heavy atom. The van der Waals surface area contributed by atoms with Crippen molar-refractivity contribution >= 4 is 17.5 Å². The Morgan fingerprint density at radius 2 is 1.54 bits per heavy atom. The summed E-state index contributed by atoms with van der Waals surface area (Å²) in [5.41, 5.74) is 3.20. The number of benzene rings is 2. The summed E-state index contributed by atoms with van der Waals surface area (Å²) < 4.78 is 0. The summed E-state index contributed by atoms with van der Waals surface area (Å²) in [6.45, 7) is 6.49. The molecule has 2 aromatic rings. The van der Waals surface area contributed by atoms with Gasteiger partial charge in [0.05, 0.1) is 18.2 Å². The first-order chi connectivity index (χ1) is 13.7. The molecule has 0 N–H and O–H groups in total. The lowest BCUT2D eigenvalue weighted by Gasteiger charge is -2.37. The molecule has 146 valence electrons. The molecule has 2 amide bonds. The molecule has 0 aromatic heterocycles. The fraction of sp³-hybridized carbons (Fsp3) is 0.391. The Labute approximate surface area is 166 Å². The van der Waals surface area contributed by atoms with E-state index in [2.05, 4.69) is 41.0 Å². The predicted molar refractivity (Wildman–Crippen MR) is 110 cm³/mol. The lowest BCUT2D eigenvalue weighted by Crippen LogP contribution is -2.52. The van der Waals surface area contributed by atoms with Crippen LogP contribution in [0.15, 0.2) is 54.6 Å². The number of nitrogens with zero attached hydrogens (tertiary/aromatic N) is 3. The van der Waals surface area contributed by atoms with E-state index in [1.807, 2.05) is 30.3 Å². The largest absolute Gasteiger partial charge is 0.297 e.